The molecule has 1 aromatic carbocycles. The molecule has 0 aliphatic carbocycles. The van der Waals surface area contributed by atoms with Crippen LogP contribution in [0.1, 0.15) is 18.4 Å². The molecule has 1 aromatic rings. The molecule has 5 heteroatoms. The highest BCUT2D eigenvalue weighted by molar-refractivity contribution is 6.31. The Balaban J connectivity index is 1.51. The summed E-state index contributed by atoms with van der Waals surface area (Å²) in [5.74, 6) is 0.729. The lowest BCUT2D eigenvalue weighted by Crippen LogP contribution is -2.57. The van der Waals surface area contributed by atoms with Crippen LogP contribution < -0.4 is 10.6 Å². The van der Waals surface area contributed by atoms with Crippen molar-refractivity contribution >= 4 is 23.2 Å². The molecular weight excluding hydrogens is 286 g/mol. The van der Waals surface area contributed by atoms with Gasteiger partial charge in [-0.2, -0.15) is 0 Å². The summed E-state index contributed by atoms with van der Waals surface area (Å²) in [4.78, 5) is 14.6. The van der Waals surface area contributed by atoms with E-state index in [0.29, 0.717) is 17.6 Å². The Bertz CT molecular complexity index is 526. The second-order valence-electron chi connectivity index (χ2n) is 6.13. The van der Waals surface area contributed by atoms with Crippen LogP contribution in [0.5, 0.6) is 0 Å². The van der Waals surface area contributed by atoms with E-state index < -0.39 is 0 Å². The second-order valence-corrected chi connectivity index (χ2v) is 6.57. The van der Waals surface area contributed by atoms with E-state index in [2.05, 4.69) is 15.5 Å². The van der Waals surface area contributed by atoms with Crippen LogP contribution in [0.15, 0.2) is 18.2 Å². The van der Waals surface area contributed by atoms with Gasteiger partial charge in [-0.1, -0.05) is 17.7 Å². The third-order valence-electron chi connectivity index (χ3n) is 4.65. The second kappa shape index (κ2) is 6.34. The number of nitrogens with zero attached hydrogens (tertiary/aromatic N) is 1. The maximum Gasteiger partial charge on any atom is 0.238 e. The molecule has 0 saturated carbocycles. The lowest BCUT2D eigenvalue weighted by molar-refractivity contribution is -0.115. The van der Waals surface area contributed by atoms with Crippen molar-refractivity contribution in [2.75, 3.05) is 31.5 Å². The predicted molar refractivity (Wildman–Crippen MR) is 85.8 cm³/mol. The van der Waals surface area contributed by atoms with Crippen LogP contribution >= 0.6 is 11.6 Å². The molecule has 21 heavy (non-hydrogen) atoms. The maximum absolute atomic E-state index is 12.1. The van der Waals surface area contributed by atoms with E-state index in [9.17, 15) is 4.79 Å². The highest BCUT2D eigenvalue weighted by Gasteiger charge is 2.33. The molecule has 0 radical (unpaired) electrons. The molecule has 0 aromatic heterocycles. The van der Waals surface area contributed by atoms with Gasteiger partial charge in [-0.05, 0) is 56.5 Å². The van der Waals surface area contributed by atoms with Gasteiger partial charge in [0.1, 0.15) is 0 Å². The summed E-state index contributed by atoms with van der Waals surface area (Å²) in [5.41, 5.74) is 1.82. The molecule has 4 rings (SSSR count). The Hall–Kier alpha value is -1.10. The molecule has 1 unspecified atom stereocenters. The number of rotatable bonds is 4. The van der Waals surface area contributed by atoms with Gasteiger partial charge in [-0.15, -0.1) is 0 Å². The van der Waals surface area contributed by atoms with Crippen molar-refractivity contribution in [1.82, 2.24) is 10.2 Å². The minimum absolute atomic E-state index is 0.00295. The fraction of sp³-hybridized carbons (Fsp3) is 0.562. The van der Waals surface area contributed by atoms with Crippen molar-refractivity contribution in [1.29, 1.82) is 0 Å². The first-order chi connectivity index (χ1) is 10.1. The van der Waals surface area contributed by atoms with E-state index in [0.717, 1.165) is 23.7 Å². The molecule has 3 heterocycles. The standard InChI is InChI=1S/C16H22ClN3O/c1-11-2-3-13(17)8-14(11)19-16(21)9-18-15-10-20-6-4-12(15)5-7-20/h2-3,8,12,15,18H,4-7,9-10H2,1H3,(H,19,21). The summed E-state index contributed by atoms with van der Waals surface area (Å²) < 4.78 is 0. The molecular formula is C16H22ClN3O. The van der Waals surface area contributed by atoms with Crippen LogP contribution in [-0.4, -0.2) is 43.0 Å². The summed E-state index contributed by atoms with van der Waals surface area (Å²) in [7, 11) is 0. The molecule has 3 fully saturated rings. The summed E-state index contributed by atoms with van der Waals surface area (Å²) in [5, 5.41) is 7.00. The van der Waals surface area contributed by atoms with E-state index in [4.69, 9.17) is 11.6 Å². The predicted octanol–water partition coefficient (Wildman–Crippen LogP) is 2.27. The normalized spacial score (nSPS) is 27.6. The molecule has 3 aliphatic rings. The summed E-state index contributed by atoms with van der Waals surface area (Å²) in [6, 6.07) is 6.00. The maximum atomic E-state index is 12.1. The highest BCUT2D eigenvalue weighted by atomic mass is 35.5. The number of fused-ring (bicyclic) bond motifs is 3. The lowest BCUT2D eigenvalue weighted by atomic mass is 9.84. The number of piperidine rings is 3. The number of hydrogen-bond donors (Lipinski definition) is 2. The molecule has 4 nitrogen and oxygen atoms in total. The number of benzene rings is 1. The van der Waals surface area contributed by atoms with Gasteiger partial charge in [-0.3, -0.25) is 4.79 Å². The zero-order valence-electron chi connectivity index (χ0n) is 12.4. The van der Waals surface area contributed by atoms with Crippen LogP contribution in [0, 0.1) is 12.8 Å². The number of nitrogens with one attached hydrogen (secondary N) is 2. The van der Waals surface area contributed by atoms with Crippen LogP contribution in [-0.2, 0) is 4.79 Å². The molecule has 2 bridgehead atoms. The molecule has 0 spiro atoms. The Morgan fingerprint density at radius 1 is 1.38 bits per heavy atom. The van der Waals surface area contributed by atoms with Gasteiger partial charge in [0, 0.05) is 23.3 Å². The zero-order valence-corrected chi connectivity index (χ0v) is 13.1. The first-order valence-electron chi connectivity index (χ1n) is 7.63. The van der Waals surface area contributed by atoms with Crippen molar-refractivity contribution in [3.05, 3.63) is 28.8 Å². The third kappa shape index (κ3) is 3.57. The van der Waals surface area contributed by atoms with Gasteiger partial charge in [0.2, 0.25) is 5.91 Å². The number of anilines is 1. The number of halogens is 1. The monoisotopic (exact) mass is 307 g/mol. The Morgan fingerprint density at radius 3 is 2.81 bits per heavy atom. The summed E-state index contributed by atoms with van der Waals surface area (Å²) >= 11 is 5.97. The molecule has 1 amide bonds. The first-order valence-corrected chi connectivity index (χ1v) is 8.01. The Kier molecular flexibility index (Phi) is 4.48. The zero-order chi connectivity index (χ0) is 14.8. The van der Waals surface area contributed by atoms with E-state index in [1.54, 1.807) is 6.07 Å². The van der Waals surface area contributed by atoms with Crippen LogP contribution in [0.4, 0.5) is 5.69 Å². The Labute approximate surface area is 130 Å². The topological polar surface area (TPSA) is 44.4 Å². The van der Waals surface area contributed by atoms with Gasteiger partial charge in [0.05, 0.1) is 6.54 Å². The fourth-order valence-corrected chi connectivity index (χ4v) is 3.52. The number of carbonyl (C=O) groups excluding carboxylic acids is 1. The van der Waals surface area contributed by atoms with E-state index in [1.165, 1.54) is 25.9 Å². The van der Waals surface area contributed by atoms with E-state index >= 15 is 0 Å². The van der Waals surface area contributed by atoms with Crippen molar-refractivity contribution in [3.63, 3.8) is 0 Å². The smallest absolute Gasteiger partial charge is 0.238 e. The summed E-state index contributed by atoms with van der Waals surface area (Å²) in [6.07, 6.45) is 2.51. The van der Waals surface area contributed by atoms with Gasteiger partial charge in [0.25, 0.3) is 0 Å². The molecule has 1 atom stereocenters. The molecule has 2 N–H and O–H groups in total. The summed E-state index contributed by atoms with van der Waals surface area (Å²) in [6.45, 7) is 5.84. The van der Waals surface area contributed by atoms with Gasteiger partial charge in [-0.25, -0.2) is 0 Å². The molecule has 3 saturated heterocycles. The highest BCUT2D eigenvalue weighted by Crippen LogP contribution is 2.27. The third-order valence-corrected chi connectivity index (χ3v) is 4.89. The van der Waals surface area contributed by atoms with Crippen LogP contribution in [0.2, 0.25) is 5.02 Å². The minimum Gasteiger partial charge on any atom is -0.325 e. The number of amides is 1. The number of carbonyl (C=O) groups is 1. The largest absolute Gasteiger partial charge is 0.325 e. The minimum atomic E-state index is -0.00295. The molecule has 3 aliphatic heterocycles. The quantitative estimate of drug-likeness (QED) is 0.897. The van der Waals surface area contributed by atoms with Crippen molar-refractivity contribution < 1.29 is 4.79 Å². The van der Waals surface area contributed by atoms with Gasteiger partial charge in [0.15, 0.2) is 0 Å². The van der Waals surface area contributed by atoms with Crippen LogP contribution in [0.3, 0.4) is 0 Å². The Morgan fingerprint density at radius 2 is 2.14 bits per heavy atom. The van der Waals surface area contributed by atoms with Crippen LogP contribution in [0.25, 0.3) is 0 Å². The van der Waals surface area contributed by atoms with Gasteiger partial charge < -0.3 is 15.5 Å². The molecule has 114 valence electrons. The lowest BCUT2D eigenvalue weighted by Gasteiger charge is -2.45. The van der Waals surface area contributed by atoms with Crippen molar-refractivity contribution in [2.24, 2.45) is 5.92 Å². The van der Waals surface area contributed by atoms with E-state index in [1.807, 2.05) is 19.1 Å². The fourth-order valence-electron chi connectivity index (χ4n) is 3.34. The number of hydrogen-bond acceptors (Lipinski definition) is 3. The van der Waals surface area contributed by atoms with E-state index in [-0.39, 0.29) is 5.91 Å². The number of aryl methyl sites for hydroxylation is 1. The van der Waals surface area contributed by atoms with Gasteiger partial charge >= 0.3 is 0 Å². The van der Waals surface area contributed by atoms with Crippen molar-refractivity contribution in [2.45, 2.75) is 25.8 Å². The SMILES string of the molecule is Cc1ccc(Cl)cc1NC(=O)CNC1CN2CCC1CC2. The average molecular weight is 308 g/mol. The van der Waals surface area contributed by atoms with Crippen molar-refractivity contribution in [3.8, 4) is 0 Å². The first kappa shape index (κ1) is 14.8. The average Bonchev–Trinajstić information content (AvgIpc) is 2.50.